The number of halogens is 2. The number of aliphatic hydroxyl groups is 1. The van der Waals surface area contributed by atoms with Gasteiger partial charge in [0.1, 0.15) is 11.9 Å². The maximum atomic E-state index is 14.1. The highest BCUT2D eigenvalue weighted by molar-refractivity contribution is 9.10. The molecular formula is C22H25BrFNO3. The van der Waals surface area contributed by atoms with E-state index < -0.39 is 17.5 Å². The molecule has 0 bridgehead atoms. The van der Waals surface area contributed by atoms with E-state index in [0.717, 1.165) is 10.0 Å². The Kier molecular flexibility index (Phi) is 8.20. The summed E-state index contributed by atoms with van der Waals surface area (Å²) in [6.07, 6.45) is 1.51. The number of ether oxygens (including phenoxy) is 1. The Balaban J connectivity index is 1.96. The van der Waals surface area contributed by atoms with Crippen molar-refractivity contribution >= 4 is 22.0 Å². The van der Waals surface area contributed by atoms with Crippen molar-refractivity contribution in [1.29, 1.82) is 0 Å². The first kappa shape index (κ1) is 22.1. The average molecular weight is 450 g/mol. The van der Waals surface area contributed by atoms with Gasteiger partial charge in [0.15, 0.2) is 0 Å². The van der Waals surface area contributed by atoms with Crippen LogP contribution in [0.2, 0.25) is 0 Å². The second kappa shape index (κ2) is 10.4. The summed E-state index contributed by atoms with van der Waals surface area (Å²) >= 11 is 3.38. The van der Waals surface area contributed by atoms with Crippen LogP contribution >= 0.6 is 15.9 Å². The molecule has 0 radical (unpaired) electrons. The van der Waals surface area contributed by atoms with Crippen molar-refractivity contribution in [2.24, 2.45) is 0 Å². The van der Waals surface area contributed by atoms with Crippen LogP contribution in [0, 0.1) is 5.82 Å². The van der Waals surface area contributed by atoms with Crippen LogP contribution in [0.15, 0.2) is 65.7 Å². The molecule has 2 N–H and O–H groups in total. The molecule has 0 heterocycles. The SMILES string of the molecule is C=CCC(O)(CCNC(=O)O[C@@H](CC)c1ccc(Br)cc1)c1ccccc1F. The number of amides is 1. The summed E-state index contributed by atoms with van der Waals surface area (Å²) in [6.45, 7) is 5.70. The molecule has 2 aromatic rings. The molecule has 2 aromatic carbocycles. The van der Waals surface area contributed by atoms with E-state index in [9.17, 15) is 14.3 Å². The number of hydrogen-bond donors (Lipinski definition) is 2. The molecule has 0 aliphatic heterocycles. The third kappa shape index (κ3) is 5.91. The van der Waals surface area contributed by atoms with Gasteiger partial charge < -0.3 is 15.2 Å². The van der Waals surface area contributed by atoms with Gasteiger partial charge in [-0.2, -0.15) is 0 Å². The van der Waals surface area contributed by atoms with Crippen LogP contribution in [0.4, 0.5) is 9.18 Å². The zero-order valence-corrected chi connectivity index (χ0v) is 17.4. The highest BCUT2D eigenvalue weighted by Crippen LogP contribution is 2.31. The molecule has 0 fully saturated rings. The molecule has 0 saturated heterocycles. The van der Waals surface area contributed by atoms with E-state index in [1.165, 1.54) is 18.2 Å². The minimum absolute atomic E-state index is 0.129. The first-order chi connectivity index (χ1) is 13.4. The topological polar surface area (TPSA) is 58.6 Å². The Bertz CT molecular complexity index is 797. The molecule has 0 spiro atoms. The van der Waals surface area contributed by atoms with Gasteiger partial charge in [0, 0.05) is 16.6 Å². The van der Waals surface area contributed by atoms with Crippen LogP contribution in [0.1, 0.15) is 43.4 Å². The van der Waals surface area contributed by atoms with Crippen molar-refractivity contribution in [3.05, 3.63) is 82.6 Å². The summed E-state index contributed by atoms with van der Waals surface area (Å²) < 4.78 is 20.6. The number of nitrogens with one attached hydrogen (secondary N) is 1. The van der Waals surface area contributed by atoms with Crippen molar-refractivity contribution in [2.45, 2.75) is 37.9 Å². The zero-order chi connectivity index (χ0) is 20.6. The molecule has 0 aliphatic carbocycles. The van der Waals surface area contributed by atoms with E-state index in [1.807, 2.05) is 31.2 Å². The van der Waals surface area contributed by atoms with Gasteiger partial charge in [0.05, 0.1) is 5.60 Å². The van der Waals surface area contributed by atoms with Crippen LogP contribution in [0.25, 0.3) is 0 Å². The molecule has 6 heteroatoms. The van der Waals surface area contributed by atoms with E-state index >= 15 is 0 Å². The second-order valence-electron chi connectivity index (χ2n) is 6.53. The van der Waals surface area contributed by atoms with E-state index in [0.29, 0.717) is 6.42 Å². The Labute approximate surface area is 173 Å². The first-order valence-electron chi connectivity index (χ1n) is 9.18. The molecule has 0 aliphatic rings. The Morgan fingerprint density at radius 3 is 2.61 bits per heavy atom. The number of alkyl carbamates (subject to hydrolysis) is 1. The third-order valence-electron chi connectivity index (χ3n) is 4.53. The molecule has 2 rings (SSSR count). The van der Waals surface area contributed by atoms with Gasteiger partial charge in [-0.05, 0) is 43.0 Å². The predicted octanol–water partition coefficient (Wildman–Crippen LogP) is 5.62. The van der Waals surface area contributed by atoms with Crippen molar-refractivity contribution in [3.8, 4) is 0 Å². The highest BCUT2D eigenvalue weighted by atomic mass is 79.9. The van der Waals surface area contributed by atoms with Crippen LogP contribution in [-0.2, 0) is 10.3 Å². The lowest BCUT2D eigenvalue weighted by atomic mass is 9.87. The largest absolute Gasteiger partial charge is 0.441 e. The number of carbonyl (C=O) groups is 1. The fraction of sp³-hybridized carbons (Fsp3) is 0.318. The van der Waals surface area contributed by atoms with Gasteiger partial charge in [-0.15, -0.1) is 6.58 Å². The fourth-order valence-corrected chi connectivity index (χ4v) is 3.30. The van der Waals surface area contributed by atoms with Gasteiger partial charge in [-0.25, -0.2) is 9.18 Å². The Morgan fingerprint density at radius 2 is 2.00 bits per heavy atom. The van der Waals surface area contributed by atoms with Crippen LogP contribution in [-0.4, -0.2) is 17.7 Å². The van der Waals surface area contributed by atoms with E-state index in [1.54, 1.807) is 12.1 Å². The third-order valence-corrected chi connectivity index (χ3v) is 5.06. The lowest BCUT2D eigenvalue weighted by Gasteiger charge is -2.28. The quantitative estimate of drug-likeness (QED) is 0.488. The van der Waals surface area contributed by atoms with E-state index in [-0.39, 0.29) is 31.1 Å². The number of hydrogen-bond acceptors (Lipinski definition) is 3. The van der Waals surface area contributed by atoms with E-state index in [2.05, 4.69) is 27.8 Å². The second-order valence-corrected chi connectivity index (χ2v) is 7.45. The van der Waals surface area contributed by atoms with Gasteiger partial charge in [0.2, 0.25) is 0 Å². The molecule has 150 valence electrons. The van der Waals surface area contributed by atoms with Gasteiger partial charge >= 0.3 is 6.09 Å². The summed E-state index contributed by atoms with van der Waals surface area (Å²) in [5.41, 5.74) is -0.363. The van der Waals surface area contributed by atoms with Crippen molar-refractivity contribution in [1.82, 2.24) is 5.32 Å². The molecule has 0 aromatic heterocycles. The van der Waals surface area contributed by atoms with Crippen LogP contribution < -0.4 is 5.32 Å². The number of carbonyl (C=O) groups excluding carboxylic acids is 1. The average Bonchev–Trinajstić information content (AvgIpc) is 2.67. The lowest BCUT2D eigenvalue weighted by molar-refractivity contribution is 0.0263. The summed E-state index contributed by atoms with van der Waals surface area (Å²) in [5.74, 6) is -0.490. The smallest absolute Gasteiger partial charge is 0.407 e. The van der Waals surface area contributed by atoms with Gasteiger partial charge in [0.25, 0.3) is 0 Å². The predicted molar refractivity (Wildman–Crippen MR) is 111 cm³/mol. The zero-order valence-electron chi connectivity index (χ0n) is 15.8. The minimum Gasteiger partial charge on any atom is -0.441 e. The van der Waals surface area contributed by atoms with Crippen LogP contribution in [0.5, 0.6) is 0 Å². The first-order valence-corrected chi connectivity index (χ1v) is 9.97. The van der Waals surface area contributed by atoms with E-state index in [4.69, 9.17) is 4.74 Å². The Hall–Kier alpha value is -2.18. The Morgan fingerprint density at radius 1 is 1.32 bits per heavy atom. The molecule has 2 atom stereocenters. The number of benzene rings is 2. The molecule has 4 nitrogen and oxygen atoms in total. The molecule has 1 amide bonds. The summed E-state index contributed by atoms with van der Waals surface area (Å²) in [4.78, 5) is 12.2. The monoisotopic (exact) mass is 449 g/mol. The highest BCUT2D eigenvalue weighted by Gasteiger charge is 2.30. The molecule has 0 saturated carbocycles. The minimum atomic E-state index is -1.45. The normalized spacial score (nSPS) is 14.0. The molecule has 28 heavy (non-hydrogen) atoms. The van der Waals surface area contributed by atoms with Gasteiger partial charge in [-0.1, -0.05) is 59.3 Å². The van der Waals surface area contributed by atoms with Crippen LogP contribution in [0.3, 0.4) is 0 Å². The van der Waals surface area contributed by atoms with Crippen molar-refractivity contribution in [2.75, 3.05) is 6.54 Å². The van der Waals surface area contributed by atoms with Crippen molar-refractivity contribution in [3.63, 3.8) is 0 Å². The maximum absolute atomic E-state index is 14.1. The maximum Gasteiger partial charge on any atom is 0.407 e. The fourth-order valence-electron chi connectivity index (χ4n) is 3.03. The number of rotatable bonds is 9. The molecular weight excluding hydrogens is 425 g/mol. The lowest BCUT2D eigenvalue weighted by Crippen LogP contribution is -2.34. The van der Waals surface area contributed by atoms with Crippen molar-refractivity contribution < 1.29 is 19.0 Å². The summed E-state index contributed by atoms with van der Waals surface area (Å²) in [6, 6.07) is 13.6. The van der Waals surface area contributed by atoms with Gasteiger partial charge in [-0.3, -0.25) is 0 Å². The molecule has 1 unspecified atom stereocenters. The standard InChI is InChI=1S/C22H25BrFNO3/c1-3-13-22(27,18-7-5-6-8-19(18)24)14-15-25-21(26)28-20(4-2)16-9-11-17(23)12-10-16/h3,5-12,20,27H,1,4,13-15H2,2H3,(H,25,26)/t20-,22?/m0/s1. The summed E-state index contributed by atoms with van der Waals surface area (Å²) in [5, 5.41) is 13.5. The summed E-state index contributed by atoms with van der Waals surface area (Å²) in [7, 11) is 0.